The molecule has 6 heteroatoms. The molecule has 5 rings (SSSR count). The second kappa shape index (κ2) is 6.74. The van der Waals surface area contributed by atoms with Crippen molar-refractivity contribution in [2.75, 3.05) is 11.9 Å². The molecule has 32 heavy (non-hydrogen) atoms. The summed E-state index contributed by atoms with van der Waals surface area (Å²) < 4.78 is 26.4. The molecule has 0 aromatic heterocycles. The van der Waals surface area contributed by atoms with E-state index >= 15 is 0 Å². The lowest BCUT2D eigenvalue weighted by atomic mass is 9.83. The van der Waals surface area contributed by atoms with Gasteiger partial charge in [0.15, 0.2) is 11.6 Å². The maximum absolute atomic E-state index is 13.2. The molecule has 2 aliphatic rings. The first-order valence-corrected chi connectivity index (χ1v) is 11.7. The number of anilines is 1. The molecule has 5 nitrogen and oxygen atoms in total. The van der Waals surface area contributed by atoms with Gasteiger partial charge in [0.05, 0.1) is 9.79 Å². The van der Waals surface area contributed by atoms with Crippen molar-refractivity contribution in [3.8, 4) is 0 Å². The number of sulfone groups is 1. The Labute approximate surface area is 186 Å². The number of carbonyl (C=O) groups is 2. The summed E-state index contributed by atoms with van der Waals surface area (Å²) in [7, 11) is -1.98. The first kappa shape index (κ1) is 20.4. The Kier molecular flexibility index (Phi) is 4.30. The van der Waals surface area contributed by atoms with Crippen LogP contribution in [0.15, 0.2) is 88.3 Å². The number of hydrogen-bond acceptors (Lipinski definition) is 5. The maximum atomic E-state index is 13.2. The van der Waals surface area contributed by atoms with Crippen LogP contribution in [0.2, 0.25) is 0 Å². The summed E-state index contributed by atoms with van der Waals surface area (Å²) in [6.07, 6.45) is 1.56. The molecule has 0 atom stereocenters. The molecule has 0 radical (unpaired) electrons. The topological polar surface area (TPSA) is 71.5 Å². The van der Waals surface area contributed by atoms with Crippen molar-refractivity contribution >= 4 is 27.1 Å². The third kappa shape index (κ3) is 2.72. The summed E-state index contributed by atoms with van der Waals surface area (Å²) in [5.41, 5.74) is 3.09. The lowest BCUT2D eigenvalue weighted by Crippen LogP contribution is -2.24. The van der Waals surface area contributed by atoms with E-state index in [1.165, 1.54) is 30.3 Å². The van der Waals surface area contributed by atoms with Gasteiger partial charge in [0.2, 0.25) is 9.84 Å². The predicted molar refractivity (Wildman–Crippen MR) is 122 cm³/mol. The van der Waals surface area contributed by atoms with Gasteiger partial charge in [-0.2, -0.15) is 0 Å². The quantitative estimate of drug-likeness (QED) is 0.336. The van der Waals surface area contributed by atoms with E-state index in [-0.39, 0.29) is 43.5 Å². The fourth-order valence-corrected chi connectivity index (χ4v) is 6.38. The van der Waals surface area contributed by atoms with Gasteiger partial charge in [-0.15, -0.1) is 0 Å². The molecule has 0 saturated heterocycles. The van der Waals surface area contributed by atoms with Crippen LogP contribution in [0.25, 0.3) is 0 Å². The minimum absolute atomic E-state index is 0.0208. The highest BCUT2D eigenvalue weighted by molar-refractivity contribution is 7.91. The van der Waals surface area contributed by atoms with Crippen LogP contribution in [0.3, 0.4) is 0 Å². The number of nitrogens with zero attached hydrogens (tertiary/aromatic N) is 1. The smallest absolute Gasteiger partial charge is 0.208 e. The molecule has 0 N–H and O–H groups in total. The Morgan fingerprint density at radius 1 is 0.906 bits per heavy atom. The minimum atomic E-state index is -3.90. The minimum Gasteiger partial charge on any atom is -0.347 e. The molecule has 0 fully saturated rings. The Balaban J connectivity index is 1.59. The molecule has 160 valence electrons. The van der Waals surface area contributed by atoms with Crippen molar-refractivity contribution in [2.24, 2.45) is 0 Å². The molecule has 2 heterocycles. The molecular formula is C26H21NO4S. The van der Waals surface area contributed by atoms with Gasteiger partial charge in [0.1, 0.15) is 0 Å². The first-order chi connectivity index (χ1) is 15.1. The second-order valence-electron chi connectivity index (χ2n) is 8.63. The van der Waals surface area contributed by atoms with Crippen LogP contribution in [0, 0.1) is 0 Å². The summed E-state index contributed by atoms with van der Waals surface area (Å²) in [5, 5.41) is 0. The van der Waals surface area contributed by atoms with Crippen LogP contribution in [-0.4, -0.2) is 27.0 Å². The van der Waals surface area contributed by atoms with Gasteiger partial charge in [-0.3, -0.25) is 9.59 Å². The largest absolute Gasteiger partial charge is 0.347 e. The highest BCUT2D eigenvalue weighted by atomic mass is 32.2. The van der Waals surface area contributed by atoms with E-state index in [2.05, 4.69) is 13.8 Å². The van der Waals surface area contributed by atoms with E-state index in [0.29, 0.717) is 0 Å². The van der Waals surface area contributed by atoms with E-state index in [1.807, 2.05) is 36.2 Å². The molecule has 0 saturated carbocycles. The number of benzene rings is 3. The van der Waals surface area contributed by atoms with Crippen molar-refractivity contribution in [1.29, 1.82) is 0 Å². The van der Waals surface area contributed by atoms with E-state index in [1.54, 1.807) is 18.2 Å². The summed E-state index contributed by atoms with van der Waals surface area (Å²) in [6.45, 7) is 4.11. The normalized spacial score (nSPS) is 18.8. The van der Waals surface area contributed by atoms with Crippen molar-refractivity contribution < 1.29 is 18.0 Å². The molecule has 3 aromatic carbocycles. The molecule has 0 aliphatic carbocycles. The number of allylic oxidation sites excluding steroid dienone is 2. The van der Waals surface area contributed by atoms with Crippen LogP contribution in [0.4, 0.5) is 5.69 Å². The Morgan fingerprint density at radius 3 is 2.31 bits per heavy atom. The van der Waals surface area contributed by atoms with Crippen LogP contribution >= 0.6 is 0 Å². The third-order valence-corrected chi connectivity index (χ3v) is 8.28. The lowest BCUT2D eigenvalue weighted by Gasteiger charge is -2.24. The van der Waals surface area contributed by atoms with E-state index in [9.17, 15) is 18.0 Å². The Hall–Kier alpha value is -3.51. The molecule has 2 aliphatic heterocycles. The van der Waals surface area contributed by atoms with Crippen LogP contribution in [0.1, 0.15) is 45.7 Å². The van der Waals surface area contributed by atoms with Gasteiger partial charge in [-0.1, -0.05) is 50.2 Å². The van der Waals surface area contributed by atoms with Crippen LogP contribution in [-0.2, 0) is 15.3 Å². The molecular weight excluding hydrogens is 422 g/mol. The zero-order valence-corrected chi connectivity index (χ0v) is 18.7. The van der Waals surface area contributed by atoms with E-state index < -0.39 is 9.84 Å². The summed E-state index contributed by atoms with van der Waals surface area (Å²) in [4.78, 5) is 27.9. The van der Waals surface area contributed by atoms with Crippen molar-refractivity contribution in [3.63, 3.8) is 0 Å². The average molecular weight is 444 g/mol. The lowest BCUT2D eigenvalue weighted by molar-refractivity contribution is 0.102. The van der Waals surface area contributed by atoms with Gasteiger partial charge in [0.25, 0.3) is 0 Å². The predicted octanol–water partition coefficient (Wildman–Crippen LogP) is 4.56. The standard InChI is InChI=1S/C26H21NO4S/c1-26(2)19-9-5-6-10-20(19)27(3)24(26)15-21(28)16-12-13-18-23(14-16)32(30,31)22-11-7-4-8-17(22)25(18)29/h4-15H,1-3H3/b24-15+. The summed E-state index contributed by atoms with van der Waals surface area (Å²) in [5.74, 6) is -0.660. The summed E-state index contributed by atoms with van der Waals surface area (Å²) in [6, 6.07) is 18.4. The number of hydrogen-bond donors (Lipinski definition) is 0. The van der Waals surface area contributed by atoms with Gasteiger partial charge >= 0.3 is 0 Å². The van der Waals surface area contributed by atoms with Crippen molar-refractivity contribution in [1.82, 2.24) is 0 Å². The van der Waals surface area contributed by atoms with Crippen LogP contribution in [0.5, 0.6) is 0 Å². The van der Waals surface area contributed by atoms with Crippen molar-refractivity contribution in [3.05, 3.63) is 101 Å². The second-order valence-corrected chi connectivity index (χ2v) is 10.5. The van der Waals surface area contributed by atoms with E-state index in [4.69, 9.17) is 0 Å². The monoisotopic (exact) mass is 443 g/mol. The first-order valence-electron chi connectivity index (χ1n) is 10.3. The number of ketones is 2. The van der Waals surface area contributed by atoms with Gasteiger partial charge in [-0.05, 0) is 35.9 Å². The Morgan fingerprint density at radius 2 is 1.56 bits per heavy atom. The molecule has 0 spiro atoms. The van der Waals surface area contributed by atoms with Gasteiger partial charge in [0, 0.05) is 46.6 Å². The maximum Gasteiger partial charge on any atom is 0.208 e. The highest BCUT2D eigenvalue weighted by Crippen LogP contribution is 2.46. The van der Waals surface area contributed by atoms with Crippen molar-refractivity contribution in [2.45, 2.75) is 29.1 Å². The number of carbonyl (C=O) groups excluding carboxylic acids is 2. The fourth-order valence-electron chi connectivity index (χ4n) is 4.70. The summed E-state index contributed by atoms with van der Waals surface area (Å²) >= 11 is 0. The number of fused-ring (bicyclic) bond motifs is 3. The SMILES string of the molecule is CN1/C(=C/C(=O)c2ccc3c(c2)S(=O)(=O)c2ccccc2C3=O)C(C)(C)c2ccccc21. The molecule has 0 amide bonds. The molecule has 3 aromatic rings. The number of likely N-dealkylation sites (N-methyl/N-ethyl adjacent to an activating group) is 1. The Bertz CT molecular complexity index is 1460. The van der Waals surface area contributed by atoms with E-state index in [0.717, 1.165) is 16.9 Å². The fraction of sp³-hybridized carbons (Fsp3) is 0.154. The highest BCUT2D eigenvalue weighted by Gasteiger charge is 2.39. The average Bonchev–Trinajstić information content (AvgIpc) is 2.98. The molecule has 0 unspecified atom stereocenters. The number of para-hydroxylation sites is 1. The zero-order valence-electron chi connectivity index (χ0n) is 17.9. The third-order valence-electron chi connectivity index (χ3n) is 6.43. The molecule has 0 bridgehead atoms. The van der Waals surface area contributed by atoms with Crippen LogP contribution < -0.4 is 4.90 Å². The zero-order chi connectivity index (χ0) is 22.8. The van der Waals surface area contributed by atoms with Gasteiger partial charge in [-0.25, -0.2) is 8.42 Å². The number of rotatable bonds is 2. The van der Waals surface area contributed by atoms with Gasteiger partial charge < -0.3 is 4.90 Å².